The van der Waals surface area contributed by atoms with Gasteiger partial charge in [-0.05, 0) is 18.6 Å². The van der Waals surface area contributed by atoms with E-state index in [1.54, 1.807) is 18.2 Å². The first-order valence-corrected chi connectivity index (χ1v) is 6.22. The summed E-state index contributed by atoms with van der Waals surface area (Å²) in [4.78, 5) is 11.8. The Morgan fingerprint density at radius 1 is 1.47 bits per heavy atom. The first kappa shape index (κ1) is 14.3. The molecule has 5 heteroatoms. The molecule has 0 bridgehead atoms. The van der Waals surface area contributed by atoms with Crippen LogP contribution in [0.4, 0.5) is 0 Å². The van der Waals surface area contributed by atoms with Crippen molar-refractivity contribution in [2.75, 3.05) is 6.54 Å². The van der Waals surface area contributed by atoms with Gasteiger partial charge in [-0.2, -0.15) is 0 Å². The van der Waals surface area contributed by atoms with E-state index in [9.17, 15) is 9.90 Å². The lowest BCUT2D eigenvalue weighted by molar-refractivity contribution is 0.0910. The number of rotatable bonds is 5. The molecule has 0 saturated carbocycles. The molecule has 1 amide bonds. The van der Waals surface area contributed by atoms with Crippen molar-refractivity contribution in [1.82, 2.24) is 5.32 Å². The van der Waals surface area contributed by atoms with Crippen molar-refractivity contribution in [2.45, 2.75) is 25.9 Å². The molecular weight excluding hydrogens is 261 g/mol. The smallest absolute Gasteiger partial charge is 0.252 e. The molecule has 0 aliphatic carbocycles. The zero-order valence-corrected chi connectivity index (χ0v) is 11.1. The van der Waals surface area contributed by atoms with Crippen molar-refractivity contribution in [3.05, 3.63) is 33.8 Å². The summed E-state index contributed by atoms with van der Waals surface area (Å²) in [6.07, 6.45) is 1.00. The van der Waals surface area contributed by atoms with E-state index in [0.29, 0.717) is 17.0 Å². The molecule has 1 unspecified atom stereocenters. The highest BCUT2D eigenvalue weighted by Gasteiger charge is 2.13. The first-order chi connectivity index (χ1) is 8.06. The molecule has 1 aromatic rings. The van der Waals surface area contributed by atoms with Crippen molar-refractivity contribution in [1.29, 1.82) is 0 Å². The van der Waals surface area contributed by atoms with Crippen LogP contribution in [-0.4, -0.2) is 23.7 Å². The maximum atomic E-state index is 11.8. The fourth-order valence-corrected chi connectivity index (χ4v) is 1.81. The first-order valence-electron chi connectivity index (χ1n) is 5.46. The third kappa shape index (κ3) is 4.19. The van der Waals surface area contributed by atoms with Gasteiger partial charge in [0.15, 0.2) is 0 Å². The number of hydrogen-bond acceptors (Lipinski definition) is 2. The van der Waals surface area contributed by atoms with Crippen molar-refractivity contribution in [2.24, 2.45) is 0 Å². The summed E-state index contributed by atoms with van der Waals surface area (Å²) < 4.78 is 0. The second-order valence-electron chi connectivity index (χ2n) is 3.75. The molecule has 17 heavy (non-hydrogen) atoms. The maximum Gasteiger partial charge on any atom is 0.252 e. The number of nitrogens with one attached hydrogen (secondary N) is 1. The van der Waals surface area contributed by atoms with Crippen LogP contribution in [0.2, 0.25) is 10.0 Å². The second kappa shape index (κ2) is 6.84. The Morgan fingerprint density at radius 3 is 2.82 bits per heavy atom. The van der Waals surface area contributed by atoms with Crippen molar-refractivity contribution >= 4 is 29.1 Å². The molecule has 0 aromatic heterocycles. The molecular formula is C12H15Cl2NO2. The van der Waals surface area contributed by atoms with E-state index in [-0.39, 0.29) is 17.5 Å². The van der Waals surface area contributed by atoms with Crippen molar-refractivity contribution in [3.63, 3.8) is 0 Å². The molecule has 94 valence electrons. The molecule has 0 aliphatic rings. The van der Waals surface area contributed by atoms with Crippen LogP contribution in [0.1, 0.15) is 30.1 Å². The fraction of sp³-hybridized carbons (Fsp3) is 0.417. The molecule has 0 heterocycles. The molecule has 2 N–H and O–H groups in total. The number of amides is 1. The third-order valence-electron chi connectivity index (χ3n) is 2.32. The van der Waals surface area contributed by atoms with Gasteiger partial charge in [0.1, 0.15) is 0 Å². The van der Waals surface area contributed by atoms with Crippen LogP contribution in [0.15, 0.2) is 18.2 Å². The van der Waals surface area contributed by atoms with E-state index in [4.69, 9.17) is 23.2 Å². The van der Waals surface area contributed by atoms with Crippen LogP contribution in [-0.2, 0) is 0 Å². The monoisotopic (exact) mass is 275 g/mol. The summed E-state index contributed by atoms with van der Waals surface area (Å²) in [6, 6.07) is 4.87. The highest BCUT2D eigenvalue weighted by atomic mass is 35.5. The molecule has 0 aliphatic heterocycles. The number of hydrogen-bond donors (Lipinski definition) is 2. The number of carbonyl (C=O) groups excluding carboxylic acids is 1. The minimum absolute atomic E-state index is 0.218. The summed E-state index contributed by atoms with van der Waals surface area (Å²) in [6.45, 7) is 2.19. The number of aliphatic hydroxyl groups is 1. The van der Waals surface area contributed by atoms with Crippen LogP contribution in [0.3, 0.4) is 0 Å². The molecule has 1 atom stereocenters. The normalized spacial score (nSPS) is 12.2. The Morgan fingerprint density at radius 2 is 2.18 bits per heavy atom. The molecule has 0 radical (unpaired) electrons. The quantitative estimate of drug-likeness (QED) is 0.868. The van der Waals surface area contributed by atoms with Gasteiger partial charge < -0.3 is 10.4 Å². The largest absolute Gasteiger partial charge is 0.391 e. The summed E-state index contributed by atoms with van der Waals surface area (Å²) in [7, 11) is 0. The van der Waals surface area contributed by atoms with Gasteiger partial charge in [0, 0.05) is 6.54 Å². The Bertz CT molecular complexity index is 396. The Hall–Kier alpha value is -0.770. The van der Waals surface area contributed by atoms with Gasteiger partial charge in [0.2, 0.25) is 0 Å². The van der Waals surface area contributed by atoms with E-state index in [1.165, 1.54) is 0 Å². The van der Waals surface area contributed by atoms with Crippen molar-refractivity contribution < 1.29 is 9.90 Å². The molecule has 1 aromatic carbocycles. The fourth-order valence-electron chi connectivity index (χ4n) is 1.42. The molecule has 0 saturated heterocycles. The average Bonchev–Trinajstić information content (AvgIpc) is 2.30. The second-order valence-corrected chi connectivity index (χ2v) is 4.54. The number of carbonyl (C=O) groups is 1. The minimum atomic E-state index is -0.526. The van der Waals surface area contributed by atoms with E-state index in [2.05, 4.69) is 5.32 Å². The van der Waals surface area contributed by atoms with Gasteiger partial charge in [0.05, 0.1) is 21.7 Å². The Labute approximate surface area is 111 Å². The summed E-state index contributed by atoms with van der Waals surface area (Å²) >= 11 is 11.7. The van der Waals surface area contributed by atoms with Gasteiger partial charge in [-0.15, -0.1) is 0 Å². The van der Waals surface area contributed by atoms with Crippen molar-refractivity contribution in [3.8, 4) is 0 Å². The van der Waals surface area contributed by atoms with Gasteiger partial charge in [-0.25, -0.2) is 0 Å². The summed E-state index contributed by atoms with van der Waals surface area (Å²) in [5.74, 6) is -0.326. The minimum Gasteiger partial charge on any atom is -0.391 e. The van der Waals surface area contributed by atoms with Crippen LogP contribution in [0.25, 0.3) is 0 Å². The molecule has 3 nitrogen and oxygen atoms in total. The Balaban J connectivity index is 2.61. The molecule has 1 rings (SSSR count). The van der Waals surface area contributed by atoms with E-state index in [0.717, 1.165) is 6.42 Å². The lowest BCUT2D eigenvalue weighted by Crippen LogP contribution is -2.32. The van der Waals surface area contributed by atoms with Crippen LogP contribution in [0.5, 0.6) is 0 Å². The van der Waals surface area contributed by atoms with E-state index >= 15 is 0 Å². The standard InChI is InChI=1S/C12H15Cl2NO2/c1-2-4-8(16)7-15-12(17)9-5-3-6-10(13)11(9)14/h3,5-6,8,16H,2,4,7H2,1H3,(H,15,17). The summed E-state index contributed by atoms with van der Waals surface area (Å²) in [5.41, 5.74) is 0.322. The lowest BCUT2D eigenvalue weighted by atomic mass is 10.2. The number of benzene rings is 1. The summed E-state index contributed by atoms with van der Waals surface area (Å²) in [5, 5.41) is 12.7. The van der Waals surface area contributed by atoms with E-state index < -0.39 is 6.10 Å². The highest BCUT2D eigenvalue weighted by molar-refractivity contribution is 6.43. The average molecular weight is 276 g/mol. The SMILES string of the molecule is CCCC(O)CNC(=O)c1cccc(Cl)c1Cl. The number of aliphatic hydroxyl groups excluding tert-OH is 1. The van der Waals surface area contributed by atoms with Crippen LogP contribution < -0.4 is 5.32 Å². The van der Waals surface area contributed by atoms with Gasteiger partial charge in [-0.1, -0.05) is 42.6 Å². The zero-order valence-electron chi connectivity index (χ0n) is 9.54. The predicted molar refractivity (Wildman–Crippen MR) is 69.7 cm³/mol. The molecule has 0 spiro atoms. The maximum absolute atomic E-state index is 11.8. The van der Waals surface area contributed by atoms with Gasteiger partial charge in [0.25, 0.3) is 5.91 Å². The van der Waals surface area contributed by atoms with Crippen LogP contribution >= 0.6 is 23.2 Å². The highest BCUT2D eigenvalue weighted by Crippen LogP contribution is 2.25. The lowest BCUT2D eigenvalue weighted by Gasteiger charge is -2.11. The number of halogens is 2. The topological polar surface area (TPSA) is 49.3 Å². The van der Waals surface area contributed by atoms with Crippen LogP contribution in [0, 0.1) is 0 Å². The molecule has 0 fully saturated rings. The zero-order chi connectivity index (χ0) is 12.8. The third-order valence-corrected chi connectivity index (χ3v) is 3.14. The Kier molecular flexibility index (Phi) is 5.75. The predicted octanol–water partition coefficient (Wildman–Crippen LogP) is 2.88. The van der Waals surface area contributed by atoms with E-state index in [1.807, 2.05) is 6.92 Å². The van der Waals surface area contributed by atoms with Gasteiger partial charge in [-0.3, -0.25) is 4.79 Å². The van der Waals surface area contributed by atoms with Gasteiger partial charge >= 0.3 is 0 Å².